The summed E-state index contributed by atoms with van der Waals surface area (Å²) in [7, 11) is -3.87. The Kier molecular flexibility index (Phi) is 3.69. The third-order valence-electron chi connectivity index (χ3n) is 3.28. The van der Waals surface area contributed by atoms with E-state index < -0.39 is 15.5 Å². The highest BCUT2D eigenvalue weighted by Gasteiger charge is 2.21. The summed E-state index contributed by atoms with van der Waals surface area (Å²) >= 11 is 0. The molecule has 0 fully saturated rings. The Labute approximate surface area is 133 Å². The summed E-state index contributed by atoms with van der Waals surface area (Å²) in [4.78, 5) is 12.7. The lowest BCUT2D eigenvalue weighted by molar-refractivity contribution is 0.477. The summed E-state index contributed by atoms with van der Waals surface area (Å²) in [6, 6.07) is 13.9. The average Bonchev–Trinajstić information content (AvgIpc) is 2.49. The lowest BCUT2D eigenvalue weighted by Gasteiger charge is -2.10. The second kappa shape index (κ2) is 5.55. The molecule has 0 aliphatic heterocycles. The Hall–Kier alpha value is -2.60. The van der Waals surface area contributed by atoms with Crippen LogP contribution in [0.4, 0.5) is 0 Å². The van der Waals surface area contributed by atoms with Crippen molar-refractivity contribution >= 4 is 21.1 Å². The van der Waals surface area contributed by atoms with E-state index in [1.165, 1.54) is 0 Å². The standard InChI is InChI=1S/C17H14O5S/c1-11-8-9-13-14(10-11)21-16(12-6-4-3-5-7-12)17(15(13)18)22-23(2,19)20/h3-10H,1-2H3. The maximum Gasteiger partial charge on any atom is 0.306 e. The number of aryl methyl sites for hydroxylation is 1. The van der Waals surface area contributed by atoms with Crippen LogP contribution in [0, 0.1) is 6.92 Å². The predicted molar refractivity (Wildman–Crippen MR) is 88.1 cm³/mol. The van der Waals surface area contributed by atoms with E-state index in [9.17, 15) is 13.2 Å². The van der Waals surface area contributed by atoms with E-state index in [0.717, 1.165) is 11.8 Å². The Bertz CT molecular complexity index is 1030. The quantitative estimate of drug-likeness (QED) is 0.690. The van der Waals surface area contributed by atoms with Crippen LogP contribution in [0.5, 0.6) is 5.75 Å². The number of rotatable bonds is 3. The Balaban J connectivity index is 2.39. The summed E-state index contributed by atoms with van der Waals surface area (Å²) in [5.41, 5.74) is 1.35. The summed E-state index contributed by atoms with van der Waals surface area (Å²) in [6.45, 7) is 1.88. The molecular weight excluding hydrogens is 316 g/mol. The molecular formula is C17H14O5S. The first kappa shape index (κ1) is 15.3. The van der Waals surface area contributed by atoms with Crippen LogP contribution in [0.3, 0.4) is 0 Å². The molecule has 0 atom stereocenters. The minimum Gasteiger partial charge on any atom is -0.452 e. The highest BCUT2D eigenvalue weighted by Crippen LogP contribution is 2.31. The van der Waals surface area contributed by atoms with Crippen LogP contribution < -0.4 is 9.61 Å². The molecule has 0 saturated carbocycles. The van der Waals surface area contributed by atoms with Crippen molar-refractivity contribution in [2.24, 2.45) is 0 Å². The minimum atomic E-state index is -3.87. The maximum absolute atomic E-state index is 12.7. The van der Waals surface area contributed by atoms with Gasteiger partial charge in [-0.2, -0.15) is 8.42 Å². The van der Waals surface area contributed by atoms with E-state index in [-0.39, 0.29) is 16.9 Å². The van der Waals surface area contributed by atoms with E-state index >= 15 is 0 Å². The second-order valence-electron chi connectivity index (χ2n) is 5.24. The van der Waals surface area contributed by atoms with Gasteiger partial charge in [0.2, 0.25) is 11.2 Å². The van der Waals surface area contributed by atoms with E-state index in [1.807, 2.05) is 13.0 Å². The molecule has 0 aliphatic rings. The lowest BCUT2D eigenvalue weighted by atomic mass is 10.1. The summed E-state index contributed by atoms with van der Waals surface area (Å²) in [6.07, 6.45) is 0.889. The van der Waals surface area contributed by atoms with Gasteiger partial charge in [-0.15, -0.1) is 0 Å². The molecule has 0 N–H and O–H groups in total. The topological polar surface area (TPSA) is 73.6 Å². The summed E-state index contributed by atoms with van der Waals surface area (Å²) < 4.78 is 33.8. The first-order valence-corrected chi connectivity index (χ1v) is 8.69. The van der Waals surface area contributed by atoms with Crippen LogP contribution in [-0.2, 0) is 10.1 Å². The van der Waals surface area contributed by atoms with E-state index in [0.29, 0.717) is 11.1 Å². The molecule has 3 rings (SSSR count). The van der Waals surface area contributed by atoms with Gasteiger partial charge in [-0.05, 0) is 24.6 Å². The minimum absolute atomic E-state index is 0.0964. The molecule has 1 aromatic heterocycles. The van der Waals surface area contributed by atoms with E-state index in [4.69, 9.17) is 8.60 Å². The van der Waals surface area contributed by atoms with Gasteiger partial charge in [-0.25, -0.2) is 0 Å². The van der Waals surface area contributed by atoms with Crippen molar-refractivity contribution < 1.29 is 17.0 Å². The van der Waals surface area contributed by atoms with Crippen molar-refractivity contribution in [1.82, 2.24) is 0 Å². The fraction of sp³-hybridized carbons (Fsp3) is 0.118. The molecule has 0 spiro atoms. The van der Waals surface area contributed by atoms with Crippen molar-refractivity contribution in [3.8, 4) is 17.1 Å². The van der Waals surface area contributed by atoms with Crippen molar-refractivity contribution in [1.29, 1.82) is 0 Å². The molecule has 23 heavy (non-hydrogen) atoms. The molecule has 5 nitrogen and oxygen atoms in total. The zero-order chi connectivity index (χ0) is 16.6. The van der Waals surface area contributed by atoms with Gasteiger partial charge in [0.05, 0.1) is 11.6 Å². The molecule has 1 heterocycles. The fourth-order valence-electron chi connectivity index (χ4n) is 2.29. The highest BCUT2D eigenvalue weighted by molar-refractivity contribution is 7.86. The zero-order valence-electron chi connectivity index (χ0n) is 12.6. The van der Waals surface area contributed by atoms with Gasteiger partial charge in [0.25, 0.3) is 0 Å². The molecule has 118 valence electrons. The van der Waals surface area contributed by atoms with Gasteiger partial charge in [0.1, 0.15) is 5.58 Å². The van der Waals surface area contributed by atoms with Crippen molar-refractivity contribution in [3.05, 3.63) is 64.3 Å². The summed E-state index contributed by atoms with van der Waals surface area (Å²) in [5, 5.41) is 0.272. The number of benzene rings is 2. The smallest absolute Gasteiger partial charge is 0.306 e. The number of fused-ring (bicyclic) bond motifs is 1. The number of hydrogen-bond acceptors (Lipinski definition) is 5. The third kappa shape index (κ3) is 3.12. The summed E-state index contributed by atoms with van der Waals surface area (Å²) in [5.74, 6) is -0.228. The largest absolute Gasteiger partial charge is 0.452 e. The van der Waals surface area contributed by atoms with Gasteiger partial charge in [-0.3, -0.25) is 4.79 Å². The fourth-order valence-corrected chi connectivity index (χ4v) is 2.74. The molecule has 0 saturated heterocycles. The van der Waals surface area contributed by atoms with Crippen LogP contribution >= 0.6 is 0 Å². The van der Waals surface area contributed by atoms with Crippen molar-refractivity contribution in [2.75, 3.05) is 6.26 Å². The predicted octanol–water partition coefficient (Wildman–Crippen LogP) is 3.11. The molecule has 6 heteroatoms. The average molecular weight is 330 g/mol. The van der Waals surface area contributed by atoms with Crippen LogP contribution in [0.2, 0.25) is 0 Å². The van der Waals surface area contributed by atoms with Crippen LogP contribution in [-0.4, -0.2) is 14.7 Å². The monoisotopic (exact) mass is 330 g/mol. The molecule has 0 unspecified atom stereocenters. The van der Waals surface area contributed by atoms with Crippen LogP contribution in [0.15, 0.2) is 57.7 Å². The van der Waals surface area contributed by atoms with Crippen molar-refractivity contribution in [3.63, 3.8) is 0 Å². The maximum atomic E-state index is 12.7. The van der Waals surface area contributed by atoms with Gasteiger partial charge in [0.15, 0.2) is 5.76 Å². The molecule has 2 aromatic carbocycles. The van der Waals surface area contributed by atoms with Crippen LogP contribution in [0.1, 0.15) is 5.56 Å². The Morgan fingerprint density at radius 2 is 1.74 bits per heavy atom. The SMILES string of the molecule is Cc1ccc2c(=O)c(OS(C)(=O)=O)c(-c3ccccc3)oc2c1. The van der Waals surface area contributed by atoms with Gasteiger partial charge >= 0.3 is 10.1 Å². The lowest BCUT2D eigenvalue weighted by Crippen LogP contribution is -2.15. The van der Waals surface area contributed by atoms with Crippen molar-refractivity contribution in [2.45, 2.75) is 6.92 Å². The van der Waals surface area contributed by atoms with Gasteiger partial charge in [0, 0.05) is 5.56 Å². The van der Waals surface area contributed by atoms with Gasteiger partial charge in [-0.1, -0.05) is 36.4 Å². The van der Waals surface area contributed by atoms with Crippen LogP contribution in [0.25, 0.3) is 22.3 Å². The molecule has 0 bridgehead atoms. The second-order valence-corrected chi connectivity index (χ2v) is 6.82. The van der Waals surface area contributed by atoms with E-state index in [2.05, 4.69) is 0 Å². The number of hydrogen-bond donors (Lipinski definition) is 0. The Morgan fingerprint density at radius 1 is 1.04 bits per heavy atom. The molecule has 0 amide bonds. The Morgan fingerprint density at radius 3 is 2.39 bits per heavy atom. The normalized spacial score (nSPS) is 11.6. The molecule has 0 aliphatic carbocycles. The highest BCUT2D eigenvalue weighted by atomic mass is 32.2. The zero-order valence-corrected chi connectivity index (χ0v) is 13.4. The first-order valence-electron chi connectivity index (χ1n) is 6.87. The van der Waals surface area contributed by atoms with E-state index in [1.54, 1.807) is 42.5 Å². The molecule has 0 radical (unpaired) electrons. The molecule has 3 aromatic rings. The van der Waals surface area contributed by atoms with Gasteiger partial charge < -0.3 is 8.60 Å². The third-order valence-corrected chi connectivity index (χ3v) is 3.75. The first-order chi connectivity index (χ1) is 10.8.